The van der Waals surface area contributed by atoms with Crippen LogP contribution in [-0.2, 0) is 9.59 Å². The van der Waals surface area contributed by atoms with E-state index in [1.54, 1.807) is 36.4 Å². The lowest BCUT2D eigenvalue weighted by Gasteiger charge is -2.13. The van der Waals surface area contributed by atoms with Crippen LogP contribution in [0.4, 0.5) is 10.5 Å². The number of ether oxygens (including phenoxy) is 2. The summed E-state index contributed by atoms with van der Waals surface area (Å²) in [4.78, 5) is 37.3. The van der Waals surface area contributed by atoms with Crippen LogP contribution in [0.3, 0.4) is 0 Å². The van der Waals surface area contributed by atoms with Crippen molar-refractivity contribution in [2.24, 2.45) is 0 Å². The van der Waals surface area contributed by atoms with Crippen LogP contribution in [0.1, 0.15) is 24.5 Å². The fourth-order valence-corrected chi connectivity index (χ4v) is 3.63. The molecule has 1 aliphatic rings. The second-order valence-corrected chi connectivity index (χ2v) is 7.48. The van der Waals surface area contributed by atoms with E-state index >= 15 is 0 Å². The summed E-state index contributed by atoms with van der Waals surface area (Å²) in [5.74, 6) is -0.472. The second kappa shape index (κ2) is 9.49. The summed E-state index contributed by atoms with van der Waals surface area (Å²) in [6.45, 7) is 4.16. The zero-order valence-corrected chi connectivity index (χ0v) is 17.4. The van der Waals surface area contributed by atoms with Gasteiger partial charge in [0.25, 0.3) is 11.1 Å². The summed E-state index contributed by atoms with van der Waals surface area (Å²) in [5.41, 5.74) is 2.23. The van der Waals surface area contributed by atoms with Crippen LogP contribution in [0.15, 0.2) is 47.4 Å². The lowest BCUT2D eigenvalue weighted by atomic mass is 10.1. The Morgan fingerprint density at radius 2 is 1.83 bits per heavy atom. The van der Waals surface area contributed by atoms with Gasteiger partial charge < -0.3 is 14.6 Å². The van der Waals surface area contributed by atoms with Crippen molar-refractivity contribution in [3.05, 3.63) is 58.5 Å². The van der Waals surface area contributed by atoms with Crippen molar-refractivity contribution >= 4 is 40.6 Å². The number of carboxylic acid groups (broad SMARTS) is 1. The number of thioether (sulfide) groups is 1. The molecule has 0 unspecified atom stereocenters. The van der Waals surface area contributed by atoms with Crippen molar-refractivity contribution in [2.45, 2.75) is 20.3 Å². The highest BCUT2D eigenvalue weighted by Crippen LogP contribution is 2.37. The van der Waals surface area contributed by atoms with Crippen LogP contribution >= 0.6 is 11.8 Å². The van der Waals surface area contributed by atoms with Gasteiger partial charge in [-0.3, -0.25) is 14.4 Å². The molecule has 0 bridgehead atoms. The largest absolute Gasteiger partial charge is 0.490 e. The molecular weight excluding hydrogens is 406 g/mol. The molecule has 2 amide bonds. The van der Waals surface area contributed by atoms with Gasteiger partial charge in [0, 0.05) is 0 Å². The Balaban J connectivity index is 1.82. The van der Waals surface area contributed by atoms with Gasteiger partial charge in [-0.25, -0.2) is 4.90 Å². The normalized spacial score (nSPS) is 15.0. The molecule has 2 aromatic rings. The van der Waals surface area contributed by atoms with E-state index in [9.17, 15) is 14.4 Å². The number of amides is 2. The SMILES string of the molecule is CCOc1cc(/C=C2/SC(=O)N(c3ccc(C)cc3)C2=O)ccc1OCCC(=O)O. The summed E-state index contributed by atoms with van der Waals surface area (Å²) >= 11 is 0.877. The van der Waals surface area contributed by atoms with Gasteiger partial charge in [-0.15, -0.1) is 0 Å². The van der Waals surface area contributed by atoms with E-state index in [0.29, 0.717) is 34.3 Å². The van der Waals surface area contributed by atoms with Gasteiger partial charge in [-0.05, 0) is 61.5 Å². The number of anilines is 1. The van der Waals surface area contributed by atoms with Crippen LogP contribution in [0.25, 0.3) is 6.08 Å². The third-order valence-electron chi connectivity index (χ3n) is 4.22. The molecule has 8 heteroatoms. The van der Waals surface area contributed by atoms with Gasteiger partial charge in [0.1, 0.15) is 0 Å². The van der Waals surface area contributed by atoms with Crippen molar-refractivity contribution in [3.63, 3.8) is 0 Å². The summed E-state index contributed by atoms with van der Waals surface area (Å²) in [5, 5.41) is 8.39. The Labute approximate surface area is 178 Å². The summed E-state index contributed by atoms with van der Waals surface area (Å²) in [6, 6.07) is 12.2. The highest BCUT2D eigenvalue weighted by molar-refractivity contribution is 8.19. The molecule has 0 radical (unpaired) electrons. The number of carbonyl (C=O) groups excluding carboxylic acids is 2. The number of nitrogens with zero attached hydrogens (tertiary/aromatic N) is 1. The molecule has 1 heterocycles. The zero-order valence-electron chi connectivity index (χ0n) is 16.6. The standard InChI is InChI=1S/C22H21NO6S/c1-3-28-18-12-15(6-9-17(18)29-11-10-20(24)25)13-19-21(26)23(22(27)30-19)16-7-4-14(2)5-8-16/h4-9,12-13H,3,10-11H2,1-2H3,(H,24,25)/b19-13+. The molecule has 1 fully saturated rings. The lowest BCUT2D eigenvalue weighted by Crippen LogP contribution is -2.27. The number of aryl methyl sites for hydroxylation is 1. The quantitative estimate of drug-likeness (QED) is 0.621. The molecule has 7 nitrogen and oxygen atoms in total. The van der Waals surface area contributed by atoms with Gasteiger partial charge in [-0.1, -0.05) is 23.8 Å². The van der Waals surface area contributed by atoms with Gasteiger partial charge in [0.05, 0.1) is 30.2 Å². The number of rotatable bonds is 8. The first kappa shape index (κ1) is 21.4. The minimum atomic E-state index is -0.950. The fraction of sp³-hybridized carbons (Fsp3) is 0.227. The average Bonchev–Trinajstić information content (AvgIpc) is 2.97. The van der Waals surface area contributed by atoms with Crippen LogP contribution in [-0.4, -0.2) is 35.4 Å². The number of hydrogen-bond donors (Lipinski definition) is 1. The first-order valence-electron chi connectivity index (χ1n) is 9.35. The molecular formula is C22H21NO6S. The summed E-state index contributed by atoms with van der Waals surface area (Å²) in [7, 11) is 0. The van der Waals surface area contributed by atoms with Gasteiger partial charge in [0.15, 0.2) is 11.5 Å². The van der Waals surface area contributed by atoms with Crippen LogP contribution in [0.2, 0.25) is 0 Å². The Hall–Kier alpha value is -3.26. The van der Waals surface area contributed by atoms with E-state index in [4.69, 9.17) is 14.6 Å². The molecule has 156 valence electrons. The lowest BCUT2D eigenvalue weighted by molar-refractivity contribution is -0.137. The molecule has 0 aliphatic carbocycles. The molecule has 0 saturated carbocycles. The van der Waals surface area contributed by atoms with Crippen LogP contribution in [0.5, 0.6) is 11.5 Å². The molecule has 1 aliphatic heterocycles. The fourth-order valence-electron chi connectivity index (χ4n) is 2.79. The number of hydrogen-bond acceptors (Lipinski definition) is 6. The third kappa shape index (κ3) is 5.01. The number of aliphatic carboxylic acids is 1. The van der Waals surface area contributed by atoms with E-state index < -0.39 is 5.97 Å². The molecule has 0 atom stereocenters. The first-order valence-corrected chi connectivity index (χ1v) is 10.2. The molecule has 0 spiro atoms. The zero-order chi connectivity index (χ0) is 21.7. The maximum atomic E-state index is 12.8. The highest BCUT2D eigenvalue weighted by Gasteiger charge is 2.36. The summed E-state index contributed by atoms with van der Waals surface area (Å²) < 4.78 is 11.1. The molecule has 2 aromatic carbocycles. The predicted octanol–water partition coefficient (Wildman–Crippen LogP) is 4.49. The molecule has 30 heavy (non-hydrogen) atoms. The van der Waals surface area contributed by atoms with Crippen molar-refractivity contribution in [1.82, 2.24) is 0 Å². The van der Waals surface area contributed by atoms with Crippen molar-refractivity contribution in [3.8, 4) is 11.5 Å². The predicted molar refractivity (Wildman–Crippen MR) is 115 cm³/mol. The Bertz CT molecular complexity index is 999. The van der Waals surface area contributed by atoms with Crippen molar-refractivity contribution in [1.29, 1.82) is 0 Å². The molecule has 1 N–H and O–H groups in total. The maximum absolute atomic E-state index is 12.8. The van der Waals surface area contributed by atoms with Crippen molar-refractivity contribution < 1.29 is 29.0 Å². The number of carbonyl (C=O) groups is 3. The summed E-state index contributed by atoms with van der Waals surface area (Å²) in [6.07, 6.45) is 1.50. The molecule has 1 saturated heterocycles. The monoisotopic (exact) mass is 427 g/mol. The number of benzene rings is 2. The second-order valence-electron chi connectivity index (χ2n) is 6.48. The van der Waals surface area contributed by atoms with Gasteiger partial charge in [0.2, 0.25) is 0 Å². The van der Waals surface area contributed by atoms with Crippen molar-refractivity contribution in [2.75, 3.05) is 18.1 Å². The van der Waals surface area contributed by atoms with E-state index in [-0.39, 0.29) is 24.2 Å². The number of imide groups is 1. The van der Waals surface area contributed by atoms with Crippen LogP contribution in [0, 0.1) is 6.92 Å². The van der Waals surface area contributed by atoms with E-state index in [2.05, 4.69) is 0 Å². The highest BCUT2D eigenvalue weighted by atomic mass is 32.2. The Kier molecular flexibility index (Phi) is 6.79. The first-order chi connectivity index (χ1) is 14.4. The average molecular weight is 427 g/mol. The van der Waals surface area contributed by atoms with Crippen LogP contribution < -0.4 is 14.4 Å². The molecule has 3 rings (SSSR count). The third-order valence-corrected chi connectivity index (χ3v) is 5.09. The van der Waals surface area contributed by atoms with Gasteiger partial charge in [-0.2, -0.15) is 0 Å². The Morgan fingerprint density at radius 1 is 1.10 bits per heavy atom. The maximum Gasteiger partial charge on any atom is 0.306 e. The minimum absolute atomic E-state index is 0.0180. The van der Waals surface area contributed by atoms with Gasteiger partial charge >= 0.3 is 5.97 Å². The van der Waals surface area contributed by atoms with E-state index in [0.717, 1.165) is 22.2 Å². The number of carboxylic acids is 1. The topological polar surface area (TPSA) is 93.1 Å². The Morgan fingerprint density at radius 3 is 2.50 bits per heavy atom. The smallest absolute Gasteiger partial charge is 0.306 e. The molecule has 0 aromatic heterocycles. The minimum Gasteiger partial charge on any atom is -0.490 e. The van der Waals surface area contributed by atoms with E-state index in [1.165, 1.54) is 0 Å². The van der Waals surface area contributed by atoms with E-state index in [1.807, 2.05) is 26.0 Å².